The molecule has 2 N–H and O–H groups in total. The number of allylic oxidation sites excluding steroid dienone is 4. The molecule has 1 aliphatic carbocycles. The number of hydrogen-bond donors (Lipinski definition) is 2. The summed E-state index contributed by atoms with van der Waals surface area (Å²) < 4.78 is 6.64. The van der Waals surface area contributed by atoms with Gasteiger partial charge in [0.05, 0.1) is 11.4 Å². The minimum atomic E-state index is -0.803. The molecule has 0 radical (unpaired) electrons. The number of nitrogens with zero attached hydrogens (tertiary/aromatic N) is 1. The first-order valence-electron chi connectivity index (χ1n) is 12.0. The highest BCUT2D eigenvalue weighted by molar-refractivity contribution is 6.04. The zero-order chi connectivity index (χ0) is 24.6. The highest BCUT2D eigenvalue weighted by Crippen LogP contribution is 2.36. The number of carbonyl (C=O) groups is 1. The van der Waals surface area contributed by atoms with Crippen molar-refractivity contribution in [3.05, 3.63) is 114 Å². The van der Waals surface area contributed by atoms with Crippen LogP contribution in [0.2, 0.25) is 0 Å². The van der Waals surface area contributed by atoms with Crippen molar-refractivity contribution in [2.45, 2.75) is 13.1 Å². The Balaban J connectivity index is 1.34. The number of carbonyl (C=O) groups excluding carboxylic acids is 1. The number of nitrogens with one attached hydrogen (secondary N) is 2. The molecule has 0 fully saturated rings. The number of aromatic nitrogens is 1. The molecule has 1 aliphatic heterocycles. The van der Waals surface area contributed by atoms with Gasteiger partial charge in [-0.05, 0) is 35.8 Å². The van der Waals surface area contributed by atoms with Crippen LogP contribution in [0.25, 0.3) is 33.2 Å². The molecule has 178 valence electrons. The van der Waals surface area contributed by atoms with E-state index in [2.05, 4.69) is 40.6 Å². The molecule has 0 saturated carbocycles. The molecule has 1 amide bonds. The number of amides is 1. The Labute approximate surface area is 208 Å². The Morgan fingerprint density at radius 1 is 1.00 bits per heavy atom. The van der Waals surface area contributed by atoms with Crippen molar-refractivity contribution in [1.29, 1.82) is 0 Å². The summed E-state index contributed by atoms with van der Waals surface area (Å²) in [6, 6.07) is 26.3. The number of hydrogen-bond acceptors (Lipinski definition) is 3. The van der Waals surface area contributed by atoms with E-state index in [9.17, 15) is 10.0 Å². The van der Waals surface area contributed by atoms with Crippen LogP contribution in [0.15, 0.2) is 103 Å². The van der Waals surface area contributed by atoms with Crippen LogP contribution in [0.4, 0.5) is 0 Å². The molecule has 2 unspecified atom stereocenters. The molecule has 6 rings (SSSR count). The highest BCUT2D eigenvalue weighted by atomic mass is 16.5. The molecule has 2 aliphatic rings. The van der Waals surface area contributed by atoms with Crippen LogP contribution in [0, 0.1) is 11.1 Å². The number of rotatable bonds is 4. The lowest BCUT2D eigenvalue weighted by atomic mass is 9.93. The summed E-state index contributed by atoms with van der Waals surface area (Å²) in [5.41, 5.74) is 6.12. The third kappa shape index (κ3) is 3.77. The second kappa shape index (κ2) is 8.89. The maximum Gasteiger partial charge on any atom is 0.273 e. The number of aromatic amines is 1. The number of para-hydroxylation sites is 1. The standard InChI is InChI=1S/C30H25N3O3/c1-19-9-7-16-26-29(19)33(35)27(18-36-26)32-30(34)25-17-21-12-8-15-24(28(21)31-25)23-14-6-5-13-22(23)20-10-3-2-4-11-20/h2-17,19,27,31H,18H2,1H3,(H,32,34). The molecular formula is C30H25N3O3. The Kier molecular flexibility index (Phi) is 5.41. The molecule has 2 heterocycles. The lowest BCUT2D eigenvalue weighted by Gasteiger charge is -2.29. The van der Waals surface area contributed by atoms with Gasteiger partial charge in [-0.25, -0.2) is 0 Å². The smallest absolute Gasteiger partial charge is 0.273 e. The Bertz CT molecular complexity index is 1560. The number of H-pyrrole nitrogens is 1. The minimum absolute atomic E-state index is 0.0810. The number of hydroxylamine groups is 1. The molecule has 6 heteroatoms. The summed E-state index contributed by atoms with van der Waals surface area (Å²) in [6.07, 6.45) is 4.80. The third-order valence-electron chi connectivity index (χ3n) is 6.75. The van der Waals surface area contributed by atoms with E-state index in [4.69, 9.17) is 4.74 Å². The van der Waals surface area contributed by atoms with Crippen LogP contribution in [0.5, 0.6) is 0 Å². The number of benzene rings is 3. The van der Waals surface area contributed by atoms with Gasteiger partial charge in [0.15, 0.2) is 12.4 Å². The Morgan fingerprint density at radius 3 is 2.58 bits per heavy atom. The van der Waals surface area contributed by atoms with Crippen molar-refractivity contribution in [2.24, 2.45) is 5.92 Å². The number of ether oxygens (including phenoxy) is 1. The summed E-state index contributed by atoms with van der Waals surface area (Å²) in [7, 11) is 0. The summed E-state index contributed by atoms with van der Waals surface area (Å²) in [6.45, 7) is 2.02. The van der Waals surface area contributed by atoms with Crippen LogP contribution >= 0.6 is 0 Å². The maximum atomic E-state index is 13.2. The molecule has 0 bridgehead atoms. The fraction of sp³-hybridized carbons (Fsp3) is 0.133. The summed E-state index contributed by atoms with van der Waals surface area (Å²) in [4.78, 5) is 16.5. The first-order chi connectivity index (χ1) is 17.6. The first kappa shape index (κ1) is 21.9. The van der Waals surface area contributed by atoms with E-state index in [1.54, 1.807) is 6.08 Å². The van der Waals surface area contributed by atoms with Crippen LogP contribution in [-0.4, -0.2) is 34.1 Å². The van der Waals surface area contributed by atoms with Crippen LogP contribution in [0.1, 0.15) is 17.4 Å². The van der Waals surface area contributed by atoms with E-state index in [0.717, 1.165) is 37.9 Å². The van der Waals surface area contributed by atoms with E-state index >= 15 is 0 Å². The average molecular weight is 476 g/mol. The topological polar surface area (TPSA) is 80.2 Å². The van der Waals surface area contributed by atoms with Crippen LogP contribution in [0.3, 0.4) is 0 Å². The summed E-state index contributed by atoms with van der Waals surface area (Å²) in [5.74, 6) is 0.135. The van der Waals surface area contributed by atoms with Crippen molar-refractivity contribution in [1.82, 2.24) is 10.3 Å². The van der Waals surface area contributed by atoms with Gasteiger partial charge in [-0.3, -0.25) is 10.1 Å². The van der Waals surface area contributed by atoms with Crippen molar-refractivity contribution < 1.29 is 14.3 Å². The predicted octanol–water partition coefficient (Wildman–Crippen LogP) is 5.63. The SMILES string of the molecule is CC1C=CC=C2OCC(NC(=O)c3cc4cccc(-c5ccccc5-c5ccccc5)c4[nH]3)[N+]([O-])=C21. The van der Waals surface area contributed by atoms with Crippen molar-refractivity contribution in [3.8, 4) is 22.3 Å². The van der Waals surface area contributed by atoms with E-state index in [-0.39, 0.29) is 18.4 Å². The van der Waals surface area contributed by atoms with Gasteiger partial charge in [-0.15, -0.1) is 0 Å². The van der Waals surface area contributed by atoms with Gasteiger partial charge in [0.2, 0.25) is 5.71 Å². The van der Waals surface area contributed by atoms with E-state index in [1.165, 1.54) is 0 Å². The van der Waals surface area contributed by atoms with Gasteiger partial charge in [-0.2, -0.15) is 4.74 Å². The second-order valence-electron chi connectivity index (χ2n) is 9.08. The summed E-state index contributed by atoms with van der Waals surface area (Å²) >= 11 is 0. The molecule has 4 aromatic rings. The molecule has 0 spiro atoms. The van der Waals surface area contributed by atoms with E-state index in [1.807, 2.05) is 67.6 Å². The van der Waals surface area contributed by atoms with Crippen LogP contribution in [-0.2, 0) is 4.74 Å². The minimum Gasteiger partial charge on any atom is -0.622 e. The first-order valence-corrected chi connectivity index (χ1v) is 12.0. The monoisotopic (exact) mass is 475 g/mol. The highest BCUT2D eigenvalue weighted by Gasteiger charge is 2.36. The van der Waals surface area contributed by atoms with Gasteiger partial charge in [0.25, 0.3) is 12.1 Å². The Morgan fingerprint density at radius 2 is 1.75 bits per heavy atom. The van der Waals surface area contributed by atoms with E-state index < -0.39 is 6.17 Å². The lowest BCUT2D eigenvalue weighted by molar-refractivity contribution is -0.518. The van der Waals surface area contributed by atoms with Gasteiger partial charge in [0.1, 0.15) is 5.69 Å². The van der Waals surface area contributed by atoms with Crippen molar-refractivity contribution in [3.63, 3.8) is 0 Å². The Hall–Kier alpha value is -4.58. The zero-order valence-electron chi connectivity index (χ0n) is 19.8. The molecule has 6 nitrogen and oxygen atoms in total. The average Bonchev–Trinajstić information content (AvgIpc) is 3.36. The number of fused-ring (bicyclic) bond motifs is 2. The molecule has 2 atom stereocenters. The molecular weight excluding hydrogens is 450 g/mol. The lowest BCUT2D eigenvalue weighted by Crippen LogP contribution is -2.51. The molecule has 3 aromatic carbocycles. The van der Waals surface area contributed by atoms with Gasteiger partial charge in [-0.1, -0.05) is 84.9 Å². The van der Waals surface area contributed by atoms with E-state index in [0.29, 0.717) is 17.2 Å². The third-order valence-corrected chi connectivity index (χ3v) is 6.75. The van der Waals surface area contributed by atoms with Gasteiger partial charge >= 0.3 is 0 Å². The van der Waals surface area contributed by atoms with Gasteiger partial charge in [0, 0.05) is 10.9 Å². The van der Waals surface area contributed by atoms with Gasteiger partial charge < -0.3 is 14.9 Å². The predicted molar refractivity (Wildman–Crippen MR) is 141 cm³/mol. The maximum absolute atomic E-state index is 13.2. The molecule has 36 heavy (non-hydrogen) atoms. The zero-order valence-corrected chi connectivity index (χ0v) is 19.8. The van der Waals surface area contributed by atoms with Crippen LogP contribution < -0.4 is 5.32 Å². The second-order valence-corrected chi connectivity index (χ2v) is 9.08. The molecule has 1 aromatic heterocycles. The van der Waals surface area contributed by atoms with Crippen molar-refractivity contribution in [2.75, 3.05) is 6.61 Å². The fourth-order valence-corrected chi connectivity index (χ4v) is 4.97. The fourth-order valence-electron chi connectivity index (χ4n) is 4.97. The largest absolute Gasteiger partial charge is 0.622 e. The molecule has 0 saturated heterocycles. The van der Waals surface area contributed by atoms with Crippen molar-refractivity contribution >= 4 is 22.5 Å². The summed E-state index contributed by atoms with van der Waals surface area (Å²) in [5, 5.41) is 16.8. The quantitative estimate of drug-likeness (QED) is 0.297. The normalized spacial score (nSPS) is 19.0.